The monoisotopic (exact) mass is 281 g/mol. The molecule has 1 aromatic rings. The van der Waals surface area contributed by atoms with Gasteiger partial charge in [-0.25, -0.2) is 0 Å². The first-order valence-corrected chi connectivity index (χ1v) is 6.94. The van der Waals surface area contributed by atoms with Gasteiger partial charge in [0.25, 0.3) is 5.69 Å². The average Bonchev–Trinajstić information content (AvgIpc) is 2.42. The van der Waals surface area contributed by atoms with Crippen molar-refractivity contribution in [1.29, 1.82) is 0 Å². The Hall–Kier alpha value is -1.33. The van der Waals surface area contributed by atoms with Crippen LogP contribution in [0.2, 0.25) is 5.02 Å². The molecule has 1 N–H and O–H groups in total. The van der Waals surface area contributed by atoms with Crippen LogP contribution in [-0.4, -0.2) is 35.5 Å². The highest BCUT2D eigenvalue weighted by atomic mass is 35.5. The number of rotatable bonds is 3. The molecule has 1 atom stereocenters. The third-order valence-electron chi connectivity index (χ3n) is 4.15. The number of piperidine rings is 3. The summed E-state index contributed by atoms with van der Waals surface area (Å²) in [5, 5.41) is 14.5. The van der Waals surface area contributed by atoms with E-state index in [1.807, 2.05) is 6.07 Å². The van der Waals surface area contributed by atoms with Crippen molar-refractivity contribution < 1.29 is 4.92 Å². The Morgan fingerprint density at radius 2 is 2.11 bits per heavy atom. The van der Waals surface area contributed by atoms with Gasteiger partial charge in [-0.2, -0.15) is 0 Å². The Kier molecular flexibility index (Phi) is 3.33. The average molecular weight is 282 g/mol. The number of benzene rings is 1. The SMILES string of the molecule is O=[N+]([O-])c1cc(NC2CN3CCC2CC3)ccc1Cl. The van der Waals surface area contributed by atoms with Gasteiger partial charge in [0, 0.05) is 24.3 Å². The van der Waals surface area contributed by atoms with Crippen molar-refractivity contribution in [3.8, 4) is 0 Å². The van der Waals surface area contributed by atoms with Gasteiger partial charge in [-0.05, 0) is 44.0 Å². The van der Waals surface area contributed by atoms with Gasteiger partial charge in [0.15, 0.2) is 0 Å². The molecule has 3 aliphatic heterocycles. The summed E-state index contributed by atoms with van der Waals surface area (Å²) in [5.41, 5.74) is 0.753. The summed E-state index contributed by atoms with van der Waals surface area (Å²) in [5.74, 6) is 0.680. The standard InChI is InChI=1S/C13H16ClN3O2/c14-11-2-1-10(7-13(11)17(18)19)15-12-8-16-5-3-9(12)4-6-16/h1-2,7,9,12,15H,3-6,8H2. The van der Waals surface area contributed by atoms with Gasteiger partial charge in [0.05, 0.1) is 4.92 Å². The van der Waals surface area contributed by atoms with Gasteiger partial charge in [-0.15, -0.1) is 0 Å². The van der Waals surface area contributed by atoms with E-state index in [1.165, 1.54) is 32.0 Å². The van der Waals surface area contributed by atoms with Crippen LogP contribution in [0.15, 0.2) is 18.2 Å². The Balaban J connectivity index is 1.76. The topological polar surface area (TPSA) is 58.4 Å². The van der Waals surface area contributed by atoms with Crippen LogP contribution in [-0.2, 0) is 0 Å². The lowest BCUT2D eigenvalue weighted by molar-refractivity contribution is -0.384. The van der Waals surface area contributed by atoms with Crippen molar-refractivity contribution in [3.05, 3.63) is 33.3 Å². The second kappa shape index (κ2) is 4.98. The minimum Gasteiger partial charge on any atom is -0.381 e. The summed E-state index contributed by atoms with van der Waals surface area (Å²) in [7, 11) is 0. The molecule has 1 aromatic carbocycles. The minimum absolute atomic E-state index is 0.0343. The number of nitro groups is 1. The molecular formula is C13H16ClN3O2. The first-order chi connectivity index (χ1) is 9.13. The largest absolute Gasteiger partial charge is 0.381 e. The maximum Gasteiger partial charge on any atom is 0.289 e. The molecule has 0 spiro atoms. The fourth-order valence-corrected chi connectivity index (χ4v) is 3.27. The van der Waals surface area contributed by atoms with E-state index in [4.69, 9.17) is 11.6 Å². The quantitative estimate of drug-likeness (QED) is 0.684. The highest BCUT2D eigenvalue weighted by molar-refractivity contribution is 6.32. The molecule has 0 radical (unpaired) electrons. The second-order valence-corrected chi connectivity index (χ2v) is 5.72. The summed E-state index contributed by atoms with van der Waals surface area (Å²) in [6.07, 6.45) is 2.43. The summed E-state index contributed by atoms with van der Waals surface area (Å²) in [6, 6.07) is 5.32. The number of fused-ring (bicyclic) bond motifs is 3. The summed E-state index contributed by atoms with van der Waals surface area (Å²) < 4.78 is 0. The first-order valence-electron chi connectivity index (χ1n) is 6.56. The van der Waals surface area contributed by atoms with Gasteiger partial charge >= 0.3 is 0 Å². The van der Waals surface area contributed by atoms with Crippen LogP contribution < -0.4 is 5.32 Å². The van der Waals surface area contributed by atoms with Crippen LogP contribution in [0.4, 0.5) is 11.4 Å². The molecule has 0 saturated carbocycles. The Morgan fingerprint density at radius 3 is 2.68 bits per heavy atom. The Labute approximate surface area is 116 Å². The van der Waals surface area contributed by atoms with Gasteiger partial charge in [0.1, 0.15) is 5.02 Å². The highest BCUT2D eigenvalue weighted by Gasteiger charge is 2.34. The highest BCUT2D eigenvalue weighted by Crippen LogP contribution is 2.32. The minimum atomic E-state index is -0.440. The molecule has 6 heteroatoms. The zero-order valence-electron chi connectivity index (χ0n) is 10.5. The normalized spacial score (nSPS) is 29.2. The third kappa shape index (κ3) is 2.53. The molecule has 102 valence electrons. The number of anilines is 1. The van der Waals surface area contributed by atoms with Crippen LogP contribution >= 0.6 is 11.6 Å². The lowest BCUT2D eigenvalue weighted by Crippen LogP contribution is -2.53. The molecule has 3 saturated heterocycles. The first kappa shape index (κ1) is 12.7. The van der Waals surface area contributed by atoms with Crippen molar-refractivity contribution in [2.45, 2.75) is 18.9 Å². The fourth-order valence-electron chi connectivity index (χ4n) is 3.09. The summed E-state index contributed by atoms with van der Waals surface area (Å²) in [6.45, 7) is 3.40. The second-order valence-electron chi connectivity index (χ2n) is 5.31. The maximum atomic E-state index is 10.9. The Bertz CT molecular complexity index is 501. The molecule has 2 bridgehead atoms. The lowest BCUT2D eigenvalue weighted by Gasteiger charge is -2.45. The van der Waals surface area contributed by atoms with Crippen LogP contribution in [0.25, 0.3) is 0 Å². The van der Waals surface area contributed by atoms with Crippen molar-refractivity contribution in [3.63, 3.8) is 0 Å². The van der Waals surface area contributed by atoms with Crippen molar-refractivity contribution in [2.24, 2.45) is 5.92 Å². The molecule has 4 rings (SSSR count). The van der Waals surface area contributed by atoms with Crippen LogP contribution in [0, 0.1) is 16.0 Å². The van der Waals surface area contributed by atoms with E-state index in [9.17, 15) is 10.1 Å². The number of nitrogens with zero attached hydrogens (tertiary/aromatic N) is 2. The molecular weight excluding hydrogens is 266 g/mol. The number of hydrogen-bond acceptors (Lipinski definition) is 4. The van der Waals surface area contributed by atoms with Gasteiger partial charge < -0.3 is 10.2 Å². The molecule has 1 unspecified atom stereocenters. The Morgan fingerprint density at radius 1 is 1.37 bits per heavy atom. The third-order valence-corrected chi connectivity index (χ3v) is 4.47. The predicted molar refractivity (Wildman–Crippen MR) is 74.7 cm³/mol. The van der Waals surface area contributed by atoms with E-state index in [0.717, 1.165) is 12.2 Å². The summed E-state index contributed by atoms with van der Waals surface area (Å²) in [4.78, 5) is 12.9. The van der Waals surface area contributed by atoms with E-state index in [-0.39, 0.29) is 10.7 Å². The molecule has 3 aliphatic rings. The number of hydrogen-bond donors (Lipinski definition) is 1. The van der Waals surface area contributed by atoms with Crippen molar-refractivity contribution in [2.75, 3.05) is 25.0 Å². The van der Waals surface area contributed by atoms with Crippen molar-refractivity contribution >= 4 is 23.0 Å². The fraction of sp³-hybridized carbons (Fsp3) is 0.538. The van der Waals surface area contributed by atoms with E-state index in [0.29, 0.717) is 12.0 Å². The van der Waals surface area contributed by atoms with Crippen LogP contribution in [0.3, 0.4) is 0 Å². The molecule has 0 aromatic heterocycles. The lowest BCUT2D eigenvalue weighted by atomic mass is 9.84. The van der Waals surface area contributed by atoms with Crippen LogP contribution in [0.1, 0.15) is 12.8 Å². The van der Waals surface area contributed by atoms with E-state index in [1.54, 1.807) is 6.07 Å². The van der Waals surface area contributed by atoms with E-state index in [2.05, 4.69) is 10.2 Å². The smallest absolute Gasteiger partial charge is 0.289 e. The molecule has 3 fully saturated rings. The molecule has 5 nitrogen and oxygen atoms in total. The van der Waals surface area contributed by atoms with E-state index < -0.39 is 4.92 Å². The molecule has 19 heavy (non-hydrogen) atoms. The molecule has 0 aliphatic carbocycles. The maximum absolute atomic E-state index is 10.9. The number of nitro benzene ring substituents is 1. The zero-order chi connectivity index (χ0) is 13.4. The molecule has 0 amide bonds. The summed E-state index contributed by atoms with van der Waals surface area (Å²) >= 11 is 5.82. The number of halogens is 1. The van der Waals surface area contributed by atoms with Gasteiger partial charge in [-0.1, -0.05) is 11.6 Å². The predicted octanol–water partition coefficient (Wildman–Crippen LogP) is 2.75. The molecule has 3 heterocycles. The number of nitrogens with one attached hydrogen (secondary N) is 1. The van der Waals surface area contributed by atoms with Crippen LogP contribution in [0.5, 0.6) is 0 Å². The van der Waals surface area contributed by atoms with Gasteiger partial charge in [-0.3, -0.25) is 10.1 Å². The van der Waals surface area contributed by atoms with E-state index >= 15 is 0 Å². The zero-order valence-corrected chi connectivity index (χ0v) is 11.3. The van der Waals surface area contributed by atoms with Crippen molar-refractivity contribution in [1.82, 2.24) is 4.90 Å². The van der Waals surface area contributed by atoms with Gasteiger partial charge in [0.2, 0.25) is 0 Å².